The minimum absolute atomic E-state index is 0.143. The molecular formula is C10H8I2N2. The van der Waals surface area contributed by atoms with E-state index < -0.39 is 0 Å². The summed E-state index contributed by atoms with van der Waals surface area (Å²) in [6.07, 6.45) is 6.72. The van der Waals surface area contributed by atoms with E-state index in [4.69, 9.17) is 0 Å². The molecule has 2 rings (SSSR count). The van der Waals surface area contributed by atoms with Crippen LogP contribution in [0.15, 0.2) is 41.7 Å². The van der Waals surface area contributed by atoms with Crippen molar-refractivity contribution in [1.82, 2.24) is 4.98 Å². The molecule has 0 saturated carbocycles. The first-order valence-corrected chi connectivity index (χ1v) is 6.37. The van der Waals surface area contributed by atoms with Gasteiger partial charge in [-0.2, -0.15) is 0 Å². The molecule has 2 nitrogen and oxygen atoms in total. The van der Waals surface area contributed by atoms with Gasteiger partial charge in [0, 0.05) is 18.8 Å². The third-order valence-corrected chi connectivity index (χ3v) is 3.39. The Kier molecular flexibility index (Phi) is 3.20. The third-order valence-electron chi connectivity index (χ3n) is 1.91. The van der Waals surface area contributed by atoms with Gasteiger partial charge in [0.2, 0.25) is 0 Å². The standard InChI is InChI=1S/C10H8I2N2/c11-10(12)4-6-14-9(7-10)8-3-1-2-5-13-8/h1-6H,7H2. The van der Waals surface area contributed by atoms with Crippen LogP contribution >= 0.6 is 45.2 Å². The van der Waals surface area contributed by atoms with Gasteiger partial charge in [0.05, 0.1) is 12.8 Å². The molecule has 2 heterocycles. The van der Waals surface area contributed by atoms with E-state index in [1.54, 1.807) is 6.20 Å². The van der Waals surface area contributed by atoms with Crippen molar-refractivity contribution in [3.05, 3.63) is 42.4 Å². The minimum Gasteiger partial charge on any atom is -0.259 e. The number of aromatic nitrogens is 1. The lowest BCUT2D eigenvalue weighted by Gasteiger charge is -2.19. The van der Waals surface area contributed by atoms with Gasteiger partial charge in [-0.3, -0.25) is 9.98 Å². The zero-order chi connectivity index (χ0) is 10.0. The molecule has 0 atom stereocenters. The van der Waals surface area contributed by atoms with Crippen molar-refractivity contribution in [1.29, 1.82) is 0 Å². The maximum atomic E-state index is 4.36. The molecule has 1 aliphatic heterocycles. The average molecular weight is 410 g/mol. The number of hydrogen-bond donors (Lipinski definition) is 0. The SMILES string of the molecule is IC1(I)C=CN=C(c2ccccn2)C1. The van der Waals surface area contributed by atoms with Gasteiger partial charge < -0.3 is 0 Å². The first-order valence-electron chi connectivity index (χ1n) is 4.21. The molecule has 0 N–H and O–H groups in total. The van der Waals surface area contributed by atoms with Crippen LogP contribution in [0.25, 0.3) is 0 Å². The van der Waals surface area contributed by atoms with E-state index in [1.807, 2.05) is 24.4 Å². The van der Waals surface area contributed by atoms with Crippen molar-refractivity contribution in [2.45, 2.75) is 7.85 Å². The number of alkyl halides is 2. The Labute approximate surface area is 110 Å². The molecule has 0 bridgehead atoms. The van der Waals surface area contributed by atoms with E-state index in [2.05, 4.69) is 61.2 Å². The molecule has 0 aliphatic carbocycles. The van der Waals surface area contributed by atoms with E-state index in [9.17, 15) is 0 Å². The van der Waals surface area contributed by atoms with Gasteiger partial charge in [-0.1, -0.05) is 51.2 Å². The Hall–Kier alpha value is 0.0200. The van der Waals surface area contributed by atoms with Crippen LogP contribution in [-0.2, 0) is 0 Å². The number of hydrogen-bond acceptors (Lipinski definition) is 2. The molecular weight excluding hydrogens is 402 g/mol. The quantitative estimate of drug-likeness (QED) is 0.515. The average Bonchev–Trinajstić information content (AvgIpc) is 2.18. The van der Waals surface area contributed by atoms with E-state index in [0.717, 1.165) is 17.8 Å². The van der Waals surface area contributed by atoms with Gasteiger partial charge in [0.25, 0.3) is 0 Å². The summed E-state index contributed by atoms with van der Waals surface area (Å²) in [4.78, 5) is 8.66. The van der Waals surface area contributed by atoms with Gasteiger partial charge >= 0.3 is 0 Å². The Bertz CT molecular complexity index is 382. The topological polar surface area (TPSA) is 25.2 Å². The molecule has 4 heteroatoms. The van der Waals surface area contributed by atoms with Crippen LogP contribution < -0.4 is 0 Å². The van der Waals surface area contributed by atoms with Crippen molar-refractivity contribution >= 4 is 50.9 Å². The van der Waals surface area contributed by atoms with E-state index in [1.165, 1.54) is 0 Å². The lowest BCUT2D eigenvalue weighted by molar-refractivity contribution is 1.07. The number of rotatable bonds is 1. The zero-order valence-electron chi connectivity index (χ0n) is 7.32. The Morgan fingerprint density at radius 1 is 1.29 bits per heavy atom. The third kappa shape index (κ3) is 2.53. The molecule has 72 valence electrons. The van der Waals surface area contributed by atoms with Crippen LogP contribution in [0, 0.1) is 0 Å². The number of allylic oxidation sites excluding steroid dienone is 1. The zero-order valence-corrected chi connectivity index (χ0v) is 11.6. The number of pyridine rings is 1. The lowest BCUT2D eigenvalue weighted by atomic mass is 10.1. The van der Waals surface area contributed by atoms with Crippen molar-refractivity contribution in [2.24, 2.45) is 4.99 Å². The highest BCUT2D eigenvalue weighted by Gasteiger charge is 2.25. The smallest absolute Gasteiger partial charge is 0.0986 e. The summed E-state index contributed by atoms with van der Waals surface area (Å²) in [7, 11) is 0. The second kappa shape index (κ2) is 4.26. The van der Waals surface area contributed by atoms with Crippen LogP contribution in [0.1, 0.15) is 12.1 Å². The van der Waals surface area contributed by atoms with Crippen LogP contribution in [-0.4, -0.2) is 12.1 Å². The van der Waals surface area contributed by atoms with Crippen molar-refractivity contribution < 1.29 is 0 Å². The molecule has 0 aromatic carbocycles. The van der Waals surface area contributed by atoms with Gasteiger partial charge in [-0.05, 0) is 18.2 Å². The summed E-state index contributed by atoms with van der Waals surface area (Å²) in [5.74, 6) is 0. The molecule has 1 aliphatic rings. The molecule has 0 unspecified atom stereocenters. The summed E-state index contributed by atoms with van der Waals surface area (Å²) >= 11 is 4.85. The molecule has 0 radical (unpaired) electrons. The van der Waals surface area contributed by atoms with Crippen molar-refractivity contribution in [2.75, 3.05) is 0 Å². The molecule has 0 amide bonds. The predicted octanol–water partition coefficient (Wildman–Crippen LogP) is 3.35. The predicted molar refractivity (Wildman–Crippen MR) is 75.3 cm³/mol. The number of nitrogens with zero attached hydrogens (tertiary/aromatic N) is 2. The highest BCUT2D eigenvalue weighted by Crippen LogP contribution is 2.36. The normalized spacial score (nSPS) is 19.1. The fourth-order valence-corrected chi connectivity index (χ4v) is 2.30. The number of halogens is 2. The van der Waals surface area contributed by atoms with Crippen LogP contribution in [0.5, 0.6) is 0 Å². The number of aliphatic imine (C=N–C) groups is 1. The molecule has 1 aromatic heterocycles. The van der Waals surface area contributed by atoms with Crippen LogP contribution in [0.4, 0.5) is 0 Å². The first kappa shape index (κ1) is 10.5. The first-order chi connectivity index (χ1) is 6.67. The van der Waals surface area contributed by atoms with Gasteiger partial charge in [0.1, 0.15) is 0 Å². The highest BCUT2D eigenvalue weighted by molar-refractivity contribution is 14.2. The lowest BCUT2D eigenvalue weighted by Crippen LogP contribution is -2.18. The molecule has 0 fully saturated rings. The molecule has 14 heavy (non-hydrogen) atoms. The fourth-order valence-electron chi connectivity index (χ4n) is 1.25. The molecule has 0 spiro atoms. The maximum absolute atomic E-state index is 4.36. The van der Waals surface area contributed by atoms with E-state index in [0.29, 0.717) is 0 Å². The molecule has 1 aromatic rings. The second-order valence-electron chi connectivity index (χ2n) is 3.04. The van der Waals surface area contributed by atoms with Crippen molar-refractivity contribution in [3.8, 4) is 0 Å². The summed E-state index contributed by atoms with van der Waals surface area (Å²) in [6.45, 7) is 0. The van der Waals surface area contributed by atoms with Gasteiger partial charge in [0.15, 0.2) is 0 Å². The Morgan fingerprint density at radius 3 is 2.79 bits per heavy atom. The minimum atomic E-state index is 0.143. The van der Waals surface area contributed by atoms with E-state index >= 15 is 0 Å². The fraction of sp³-hybridized carbons (Fsp3) is 0.200. The molecule has 0 saturated heterocycles. The van der Waals surface area contributed by atoms with Gasteiger partial charge in [-0.25, -0.2) is 0 Å². The second-order valence-corrected chi connectivity index (χ2v) is 8.96. The van der Waals surface area contributed by atoms with Crippen molar-refractivity contribution in [3.63, 3.8) is 0 Å². The summed E-state index contributed by atoms with van der Waals surface area (Å²) in [6, 6.07) is 5.91. The monoisotopic (exact) mass is 410 g/mol. The van der Waals surface area contributed by atoms with Crippen LogP contribution in [0.2, 0.25) is 0 Å². The highest BCUT2D eigenvalue weighted by atomic mass is 127. The Balaban J connectivity index is 2.30. The largest absolute Gasteiger partial charge is 0.259 e. The summed E-state index contributed by atoms with van der Waals surface area (Å²) in [5.41, 5.74) is 2.05. The Morgan fingerprint density at radius 2 is 2.14 bits per heavy atom. The summed E-state index contributed by atoms with van der Waals surface area (Å²) < 4.78 is 0.143. The maximum Gasteiger partial charge on any atom is 0.0986 e. The van der Waals surface area contributed by atoms with Gasteiger partial charge in [-0.15, -0.1) is 0 Å². The summed E-state index contributed by atoms with van der Waals surface area (Å²) in [5, 5.41) is 0. The van der Waals surface area contributed by atoms with Crippen LogP contribution in [0.3, 0.4) is 0 Å². The van der Waals surface area contributed by atoms with E-state index in [-0.39, 0.29) is 1.43 Å².